The standard InChI is InChI=1S/C12H11FN4O3/c1-2-7-3-4-10(9(5-7)17(18)19)20-11-8(13)6-15-12(14)16-11/h3-6H,2H2,1H3,(H2,14,15,16). The van der Waals surface area contributed by atoms with E-state index in [4.69, 9.17) is 10.5 Å². The lowest BCUT2D eigenvalue weighted by molar-refractivity contribution is -0.385. The summed E-state index contributed by atoms with van der Waals surface area (Å²) in [6.45, 7) is 1.87. The number of nitrogens with two attached hydrogens (primary N) is 1. The molecule has 1 heterocycles. The molecule has 0 unspecified atom stereocenters. The van der Waals surface area contributed by atoms with Crippen LogP contribution in [0.4, 0.5) is 16.0 Å². The van der Waals surface area contributed by atoms with Gasteiger partial charge in [0.15, 0.2) is 0 Å². The largest absolute Gasteiger partial charge is 0.429 e. The molecular weight excluding hydrogens is 267 g/mol. The van der Waals surface area contributed by atoms with Crippen LogP contribution in [-0.2, 0) is 6.42 Å². The molecule has 104 valence electrons. The maximum atomic E-state index is 13.5. The summed E-state index contributed by atoms with van der Waals surface area (Å²) in [6, 6.07) is 4.43. The first-order chi connectivity index (χ1) is 9.51. The van der Waals surface area contributed by atoms with Gasteiger partial charge in [0, 0.05) is 6.07 Å². The molecule has 20 heavy (non-hydrogen) atoms. The molecule has 0 radical (unpaired) electrons. The van der Waals surface area contributed by atoms with Crippen molar-refractivity contribution in [2.24, 2.45) is 0 Å². The van der Waals surface area contributed by atoms with Gasteiger partial charge in [-0.15, -0.1) is 0 Å². The number of nitrogen functional groups attached to an aromatic ring is 1. The van der Waals surface area contributed by atoms with Gasteiger partial charge in [-0.2, -0.15) is 9.37 Å². The summed E-state index contributed by atoms with van der Waals surface area (Å²) < 4.78 is 18.6. The molecule has 8 heteroatoms. The van der Waals surface area contributed by atoms with Crippen molar-refractivity contribution in [3.63, 3.8) is 0 Å². The van der Waals surface area contributed by atoms with Crippen LogP contribution in [0, 0.1) is 15.9 Å². The number of anilines is 1. The van der Waals surface area contributed by atoms with E-state index in [-0.39, 0.29) is 17.4 Å². The lowest BCUT2D eigenvalue weighted by Crippen LogP contribution is -2.01. The number of aromatic nitrogens is 2. The molecule has 0 fully saturated rings. The highest BCUT2D eigenvalue weighted by Crippen LogP contribution is 2.32. The highest BCUT2D eigenvalue weighted by Gasteiger charge is 2.19. The van der Waals surface area contributed by atoms with Crippen molar-refractivity contribution in [2.75, 3.05) is 5.73 Å². The van der Waals surface area contributed by atoms with E-state index in [0.717, 1.165) is 11.8 Å². The number of rotatable bonds is 4. The van der Waals surface area contributed by atoms with Gasteiger partial charge in [0.25, 0.3) is 5.88 Å². The molecule has 0 aliphatic rings. The SMILES string of the molecule is CCc1ccc(Oc2nc(N)ncc2F)c([N+](=O)[O-])c1. The summed E-state index contributed by atoms with van der Waals surface area (Å²) >= 11 is 0. The van der Waals surface area contributed by atoms with Gasteiger partial charge in [0.1, 0.15) is 0 Å². The van der Waals surface area contributed by atoms with Crippen LogP contribution in [0.15, 0.2) is 24.4 Å². The highest BCUT2D eigenvalue weighted by atomic mass is 19.1. The Kier molecular flexibility index (Phi) is 3.74. The number of nitrogens with zero attached hydrogens (tertiary/aromatic N) is 3. The summed E-state index contributed by atoms with van der Waals surface area (Å²) in [4.78, 5) is 17.4. The van der Waals surface area contributed by atoms with Crippen molar-refractivity contribution < 1.29 is 14.1 Å². The first-order valence-corrected chi connectivity index (χ1v) is 5.74. The Bertz CT molecular complexity index is 663. The molecule has 1 aromatic heterocycles. The van der Waals surface area contributed by atoms with E-state index in [1.165, 1.54) is 12.1 Å². The summed E-state index contributed by atoms with van der Waals surface area (Å²) in [5, 5.41) is 11.0. The second-order valence-corrected chi connectivity index (χ2v) is 3.90. The van der Waals surface area contributed by atoms with E-state index in [1.54, 1.807) is 6.07 Å². The maximum Gasteiger partial charge on any atom is 0.311 e. The minimum Gasteiger partial charge on any atom is -0.429 e. The van der Waals surface area contributed by atoms with E-state index < -0.39 is 16.6 Å². The molecule has 0 atom stereocenters. The minimum absolute atomic E-state index is 0.107. The number of hydrogen-bond donors (Lipinski definition) is 1. The Hall–Kier alpha value is -2.77. The van der Waals surface area contributed by atoms with E-state index in [2.05, 4.69) is 9.97 Å². The maximum absolute atomic E-state index is 13.5. The fourth-order valence-corrected chi connectivity index (χ4v) is 1.55. The number of nitro benzene ring substituents is 1. The van der Waals surface area contributed by atoms with E-state index >= 15 is 0 Å². The zero-order chi connectivity index (χ0) is 14.7. The Morgan fingerprint density at radius 1 is 1.50 bits per heavy atom. The topological polar surface area (TPSA) is 104 Å². The van der Waals surface area contributed by atoms with Crippen molar-refractivity contribution in [2.45, 2.75) is 13.3 Å². The second-order valence-electron chi connectivity index (χ2n) is 3.90. The molecule has 0 spiro atoms. The zero-order valence-corrected chi connectivity index (χ0v) is 10.5. The lowest BCUT2D eigenvalue weighted by atomic mass is 10.1. The molecule has 0 saturated carbocycles. The van der Waals surface area contributed by atoms with Gasteiger partial charge in [0.05, 0.1) is 11.1 Å². The van der Waals surface area contributed by atoms with Crippen molar-refractivity contribution in [3.8, 4) is 11.6 Å². The number of benzene rings is 1. The Labute approximate surface area is 113 Å². The summed E-state index contributed by atoms with van der Waals surface area (Å²) in [5.41, 5.74) is 5.83. The minimum atomic E-state index is -0.854. The van der Waals surface area contributed by atoms with Crippen LogP contribution in [0.1, 0.15) is 12.5 Å². The van der Waals surface area contributed by atoms with Crippen molar-refractivity contribution >= 4 is 11.6 Å². The van der Waals surface area contributed by atoms with Crippen LogP contribution in [0.5, 0.6) is 11.6 Å². The van der Waals surface area contributed by atoms with Crippen LogP contribution in [0.2, 0.25) is 0 Å². The first kappa shape index (κ1) is 13.7. The molecule has 2 aromatic rings. The highest BCUT2D eigenvalue weighted by molar-refractivity contribution is 5.50. The molecule has 0 aliphatic carbocycles. The molecule has 0 saturated heterocycles. The fraction of sp³-hybridized carbons (Fsp3) is 0.167. The number of nitro groups is 1. The molecule has 2 N–H and O–H groups in total. The third kappa shape index (κ3) is 2.79. The summed E-state index contributed by atoms with van der Waals surface area (Å²) in [6.07, 6.45) is 1.47. The molecule has 7 nitrogen and oxygen atoms in total. The number of ether oxygens (including phenoxy) is 1. The predicted octanol–water partition coefficient (Wildman–Crippen LogP) is 2.46. The molecular formula is C12H11FN4O3. The normalized spacial score (nSPS) is 10.3. The van der Waals surface area contributed by atoms with Gasteiger partial charge in [-0.05, 0) is 18.1 Å². The van der Waals surface area contributed by atoms with Crippen LogP contribution in [0.25, 0.3) is 0 Å². The third-order valence-corrected chi connectivity index (χ3v) is 2.57. The molecule has 1 aromatic carbocycles. The zero-order valence-electron chi connectivity index (χ0n) is 10.5. The number of aryl methyl sites for hydroxylation is 1. The Balaban J connectivity index is 2.42. The van der Waals surface area contributed by atoms with Gasteiger partial charge in [-0.3, -0.25) is 10.1 Å². The Morgan fingerprint density at radius 3 is 2.90 bits per heavy atom. The summed E-state index contributed by atoms with van der Waals surface area (Å²) in [7, 11) is 0. The monoisotopic (exact) mass is 278 g/mol. The van der Waals surface area contributed by atoms with E-state index in [0.29, 0.717) is 6.42 Å². The number of hydrogen-bond acceptors (Lipinski definition) is 6. The second kappa shape index (κ2) is 5.47. The molecule has 0 amide bonds. The van der Waals surface area contributed by atoms with E-state index in [1.807, 2.05) is 6.92 Å². The van der Waals surface area contributed by atoms with Gasteiger partial charge in [-0.1, -0.05) is 13.0 Å². The number of halogens is 1. The van der Waals surface area contributed by atoms with Crippen molar-refractivity contribution in [1.82, 2.24) is 9.97 Å². The lowest BCUT2D eigenvalue weighted by Gasteiger charge is -2.07. The van der Waals surface area contributed by atoms with Gasteiger partial charge in [-0.25, -0.2) is 4.98 Å². The Morgan fingerprint density at radius 2 is 2.25 bits per heavy atom. The van der Waals surface area contributed by atoms with Crippen molar-refractivity contribution in [3.05, 3.63) is 45.9 Å². The van der Waals surface area contributed by atoms with E-state index in [9.17, 15) is 14.5 Å². The molecule has 2 rings (SSSR count). The average Bonchev–Trinajstić information content (AvgIpc) is 2.43. The smallest absolute Gasteiger partial charge is 0.311 e. The third-order valence-electron chi connectivity index (χ3n) is 2.57. The fourth-order valence-electron chi connectivity index (χ4n) is 1.55. The molecule has 0 aliphatic heterocycles. The van der Waals surface area contributed by atoms with Crippen molar-refractivity contribution in [1.29, 1.82) is 0 Å². The van der Waals surface area contributed by atoms with Crippen LogP contribution in [0.3, 0.4) is 0 Å². The predicted molar refractivity (Wildman–Crippen MR) is 69.0 cm³/mol. The first-order valence-electron chi connectivity index (χ1n) is 5.74. The van der Waals surface area contributed by atoms with Crippen LogP contribution in [-0.4, -0.2) is 14.9 Å². The van der Waals surface area contributed by atoms with Gasteiger partial charge < -0.3 is 10.5 Å². The van der Waals surface area contributed by atoms with Gasteiger partial charge in [0.2, 0.25) is 17.5 Å². The average molecular weight is 278 g/mol. The molecule has 0 bridgehead atoms. The van der Waals surface area contributed by atoms with Crippen LogP contribution >= 0.6 is 0 Å². The quantitative estimate of drug-likeness (QED) is 0.680. The van der Waals surface area contributed by atoms with Gasteiger partial charge >= 0.3 is 5.69 Å². The van der Waals surface area contributed by atoms with Crippen LogP contribution < -0.4 is 10.5 Å². The summed E-state index contributed by atoms with van der Waals surface area (Å²) in [5.74, 6) is -1.60.